The lowest BCUT2D eigenvalue weighted by atomic mass is 10.1. The molecule has 0 N–H and O–H groups in total. The van der Waals surface area contributed by atoms with Gasteiger partial charge in [0.1, 0.15) is 10.9 Å². The van der Waals surface area contributed by atoms with Crippen molar-refractivity contribution >= 4 is 17.7 Å². The number of ether oxygens (including phenoxy) is 1. The maximum absolute atomic E-state index is 12.2. The zero-order chi connectivity index (χ0) is 15.6. The maximum atomic E-state index is 12.2. The van der Waals surface area contributed by atoms with Gasteiger partial charge >= 0.3 is 5.97 Å². The number of esters is 1. The standard InChI is InChI=1S/C16H31FO2S/c1-13(2)12-14(15(18)19-16(3,4)5)20-11-9-7-6-8-10-17/h13-14H,6-12H2,1-5H3. The lowest BCUT2D eigenvalue weighted by Crippen LogP contribution is -2.31. The Kier molecular flexibility index (Phi) is 10.3. The molecule has 0 rings (SSSR count). The van der Waals surface area contributed by atoms with E-state index < -0.39 is 5.60 Å². The molecule has 0 aromatic rings. The van der Waals surface area contributed by atoms with Crippen molar-refractivity contribution in [1.82, 2.24) is 0 Å². The normalized spacial score (nSPS) is 13.6. The fourth-order valence-electron chi connectivity index (χ4n) is 1.80. The van der Waals surface area contributed by atoms with Gasteiger partial charge in [-0.05, 0) is 51.7 Å². The molecule has 0 heterocycles. The minimum atomic E-state index is -0.423. The van der Waals surface area contributed by atoms with Crippen LogP contribution in [0.15, 0.2) is 0 Å². The second-order valence-corrected chi connectivity index (χ2v) is 7.94. The molecule has 0 saturated carbocycles. The van der Waals surface area contributed by atoms with Crippen LogP contribution in [0.4, 0.5) is 4.39 Å². The van der Waals surface area contributed by atoms with E-state index in [9.17, 15) is 9.18 Å². The van der Waals surface area contributed by atoms with Crippen molar-refractivity contribution < 1.29 is 13.9 Å². The molecule has 0 fully saturated rings. The second kappa shape index (κ2) is 10.5. The average molecular weight is 306 g/mol. The fourth-order valence-corrected chi connectivity index (χ4v) is 3.16. The number of halogens is 1. The van der Waals surface area contributed by atoms with Crippen molar-refractivity contribution in [1.29, 1.82) is 0 Å². The Morgan fingerprint density at radius 2 is 1.75 bits per heavy atom. The molecular formula is C16H31FO2S. The summed E-state index contributed by atoms with van der Waals surface area (Å²) in [5.74, 6) is 1.33. The number of carbonyl (C=O) groups excluding carboxylic acids is 1. The smallest absolute Gasteiger partial charge is 0.319 e. The van der Waals surface area contributed by atoms with Crippen LogP contribution in [-0.2, 0) is 9.53 Å². The SMILES string of the molecule is CC(C)CC(SCCCCCCF)C(=O)OC(C)(C)C. The molecule has 0 bridgehead atoms. The molecule has 4 heteroatoms. The summed E-state index contributed by atoms with van der Waals surface area (Å²) in [6.07, 6.45) is 4.54. The van der Waals surface area contributed by atoms with Gasteiger partial charge in [0.2, 0.25) is 0 Å². The number of alkyl halides is 1. The van der Waals surface area contributed by atoms with Gasteiger partial charge in [-0.1, -0.05) is 26.7 Å². The highest BCUT2D eigenvalue weighted by Gasteiger charge is 2.26. The van der Waals surface area contributed by atoms with Crippen LogP contribution < -0.4 is 0 Å². The van der Waals surface area contributed by atoms with Gasteiger partial charge in [0.15, 0.2) is 0 Å². The third-order valence-corrected chi connectivity index (χ3v) is 4.01. The minimum Gasteiger partial charge on any atom is -0.459 e. The molecule has 0 aromatic carbocycles. The molecule has 2 nitrogen and oxygen atoms in total. The van der Waals surface area contributed by atoms with Crippen molar-refractivity contribution in [2.24, 2.45) is 5.92 Å². The van der Waals surface area contributed by atoms with Gasteiger partial charge in [-0.25, -0.2) is 0 Å². The monoisotopic (exact) mass is 306 g/mol. The van der Waals surface area contributed by atoms with Gasteiger partial charge in [0, 0.05) is 0 Å². The van der Waals surface area contributed by atoms with Gasteiger partial charge in [-0.15, -0.1) is 11.8 Å². The Labute approximate surface area is 128 Å². The summed E-state index contributed by atoms with van der Waals surface area (Å²) < 4.78 is 17.5. The quantitative estimate of drug-likeness (QED) is 0.419. The summed E-state index contributed by atoms with van der Waals surface area (Å²) in [7, 11) is 0. The Bertz CT molecular complexity index is 262. The summed E-state index contributed by atoms with van der Waals surface area (Å²) in [6, 6.07) is 0. The largest absolute Gasteiger partial charge is 0.459 e. The second-order valence-electron chi connectivity index (χ2n) is 6.63. The van der Waals surface area contributed by atoms with Crippen molar-refractivity contribution in [3.63, 3.8) is 0 Å². The summed E-state index contributed by atoms with van der Waals surface area (Å²) in [6.45, 7) is 9.73. The van der Waals surface area contributed by atoms with Crippen LogP contribution >= 0.6 is 11.8 Å². The van der Waals surface area contributed by atoms with Gasteiger partial charge in [0.05, 0.1) is 6.67 Å². The molecule has 0 spiro atoms. The van der Waals surface area contributed by atoms with E-state index in [4.69, 9.17) is 4.74 Å². The molecule has 0 aromatic heterocycles. The minimum absolute atomic E-state index is 0.0737. The van der Waals surface area contributed by atoms with E-state index >= 15 is 0 Å². The lowest BCUT2D eigenvalue weighted by Gasteiger charge is -2.24. The van der Waals surface area contributed by atoms with E-state index in [1.165, 1.54) is 0 Å². The maximum Gasteiger partial charge on any atom is 0.319 e. The van der Waals surface area contributed by atoms with Crippen LogP contribution in [0.2, 0.25) is 0 Å². The predicted octanol–water partition coefficient (Wildman–Crippen LogP) is 5.01. The lowest BCUT2D eigenvalue weighted by molar-refractivity contribution is -0.154. The molecule has 0 aliphatic heterocycles. The first kappa shape index (κ1) is 19.8. The van der Waals surface area contributed by atoms with Crippen LogP contribution in [0, 0.1) is 5.92 Å². The average Bonchev–Trinajstić information content (AvgIpc) is 2.29. The van der Waals surface area contributed by atoms with Gasteiger partial charge in [-0.2, -0.15) is 0 Å². The van der Waals surface area contributed by atoms with Gasteiger partial charge in [-0.3, -0.25) is 9.18 Å². The van der Waals surface area contributed by atoms with Crippen molar-refractivity contribution in [3.05, 3.63) is 0 Å². The highest BCUT2D eigenvalue weighted by Crippen LogP contribution is 2.24. The Morgan fingerprint density at radius 3 is 2.25 bits per heavy atom. The van der Waals surface area contributed by atoms with Crippen molar-refractivity contribution in [2.75, 3.05) is 12.4 Å². The van der Waals surface area contributed by atoms with Crippen molar-refractivity contribution in [2.45, 2.75) is 77.6 Å². The number of unbranched alkanes of at least 4 members (excludes halogenated alkanes) is 3. The Hall–Kier alpha value is -0.250. The third-order valence-electron chi connectivity index (χ3n) is 2.70. The van der Waals surface area contributed by atoms with Gasteiger partial charge < -0.3 is 4.74 Å². The number of hydrogen-bond acceptors (Lipinski definition) is 3. The van der Waals surface area contributed by atoms with Crippen molar-refractivity contribution in [3.8, 4) is 0 Å². The molecular weight excluding hydrogens is 275 g/mol. The van der Waals surface area contributed by atoms with Crippen LogP contribution in [0.5, 0.6) is 0 Å². The van der Waals surface area contributed by atoms with Crippen LogP contribution in [-0.4, -0.2) is 29.2 Å². The summed E-state index contributed by atoms with van der Waals surface area (Å²) in [5, 5.41) is -0.0737. The van der Waals surface area contributed by atoms with Crippen LogP contribution in [0.25, 0.3) is 0 Å². The first-order chi connectivity index (χ1) is 9.26. The van der Waals surface area contributed by atoms with E-state index in [2.05, 4.69) is 13.8 Å². The zero-order valence-electron chi connectivity index (χ0n) is 13.7. The molecule has 0 aliphatic rings. The molecule has 20 heavy (non-hydrogen) atoms. The predicted molar refractivity (Wildman–Crippen MR) is 86.0 cm³/mol. The molecule has 1 atom stereocenters. The number of hydrogen-bond donors (Lipinski definition) is 0. The molecule has 1 unspecified atom stereocenters. The Balaban J connectivity index is 4.11. The highest BCUT2D eigenvalue weighted by atomic mass is 32.2. The summed E-state index contributed by atoms with van der Waals surface area (Å²) >= 11 is 1.69. The first-order valence-corrected chi connectivity index (χ1v) is 8.71. The molecule has 0 amide bonds. The third kappa shape index (κ3) is 11.6. The fraction of sp³-hybridized carbons (Fsp3) is 0.938. The summed E-state index contributed by atoms with van der Waals surface area (Å²) in [4.78, 5) is 12.2. The highest BCUT2D eigenvalue weighted by molar-refractivity contribution is 8.00. The van der Waals surface area contributed by atoms with Gasteiger partial charge in [0.25, 0.3) is 0 Å². The van der Waals surface area contributed by atoms with E-state index in [0.717, 1.165) is 31.4 Å². The number of thioether (sulfide) groups is 1. The number of rotatable bonds is 10. The van der Waals surface area contributed by atoms with E-state index in [1.807, 2.05) is 20.8 Å². The van der Waals surface area contributed by atoms with E-state index in [0.29, 0.717) is 12.3 Å². The molecule has 120 valence electrons. The van der Waals surface area contributed by atoms with E-state index in [-0.39, 0.29) is 17.9 Å². The molecule has 0 radical (unpaired) electrons. The topological polar surface area (TPSA) is 26.3 Å². The van der Waals surface area contributed by atoms with Crippen LogP contribution in [0.1, 0.15) is 66.7 Å². The Morgan fingerprint density at radius 1 is 1.15 bits per heavy atom. The first-order valence-electron chi connectivity index (χ1n) is 7.66. The molecule has 0 saturated heterocycles. The molecule has 0 aliphatic carbocycles. The zero-order valence-corrected chi connectivity index (χ0v) is 14.5. The summed E-state index contributed by atoms with van der Waals surface area (Å²) in [5.41, 5.74) is -0.423. The van der Waals surface area contributed by atoms with Crippen LogP contribution in [0.3, 0.4) is 0 Å². The number of carbonyl (C=O) groups is 1. The van der Waals surface area contributed by atoms with E-state index in [1.54, 1.807) is 11.8 Å².